The molecule has 0 unspecified atom stereocenters. The van der Waals surface area contributed by atoms with Crippen LogP contribution in [0, 0.1) is 5.92 Å². The molecule has 0 spiro atoms. The fourth-order valence-corrected chi connectivity index (χ4v) is 2.61. The van der Waals surface area contributed by atoms with E-state index in [0.717, 1.165) is 25.7 Å². The number of ether oxygens (including phenoxy) is 1. The average Bonchev–Trinajstić information content (AvgIpc) is 2.40. The van der Waals surface area contributed by atoms with E-state index in [1.54, 1.807) is 4.90 Å². The Labute approximate surface area is 107 Å². The number of carbonyl (C=O) groups is 2. The molecule has 0 aromatic heterocycles. The molecule has 100 valence electrons. The van der Waals surface area contributed by atoms with E-state index in [1.165, 1.54) is 0 Å². The third-order valence-electron chi connectivity index (χ3n) is 3.58. The van der Waals surface area contributed by atoms with Crippen LogP contribution in [0.15, 0.2) is 12.3 Å². The Bertz CT molecular complexity index is 346. The lowest BCUT2D eigenvalue weighted by Crippen LogP contribution is -2.47. The zero-order chi connectivity index (χ0) is 13.0. The molecule has 0 bridgehead atoms. The zero-order valence-corrected chi connectivity index (χ0v) is 10.7. The van der Waals surface area contributed by atoms with E-state index in [9.17, 15) is 9.59 Å². The minimum absolute atomic E-state index is 0.0121. The average molecular weight is 252 g/mol. The van der Waals surface area contributed by atoms with Gasteiger partial charge in [-0.1, -0.05) is 0 Å². The Balaban J connectivity index is 1.86. The van der Waals surface area contributed by atoms with E-state index in [-0.39, 0.29) is 24.0 Å². The van der Waals surface area contributed by atoms with Gasteiger partial charge in [0.15, 0.2) is 0 Å². The van der Waals surface area contributed by atoms with Gasteiger partial charge in [0.05, 0.1) is 12.5 Å². The van der Waals surface area contributed by atoms with Gasteiger partial charge in [-0.15, -0.1) is 0 Å². The molecule has 2 rings (SSSR count). The quantitative estimate of drug-likeness (QED) is 0.777. The van der Waals surface area contributed by atoms with E-state index in [4.69, 9.17) is 4.74 Å². The molecule has 1 aliphatic carbocycles. The van der Waals surface area contributed by atoms with Crippen LogP contribution < -0.4 is 5.32 Å². The normalized spacial score (nSPS) is 27.8. The monoisotopic (exact) mass is 252 g/mol. The molecule has 5 heteroatoms. The predicted molar refractivity (Wildman–Crippen MR) is 66.8 cm³/mol. The third kappa shape index (κ3) is 2.83. The van der Waals surface area contributed by atoms with Crippen molar-refractivity contribution in [2.45, 2.75) is 38.6 Å². The number of hydrogen-bond acceptors (Lipinski definition) is 3. The summed E-state index contributed by atoms with van der Waals surface area (Å²) in [7, 11) is 0. The number of hydrogen-bond donors (Lipinski definition) is 1. The van der Waals surface area contributed by atoms with Crippen LogP contribution in [0.2, 0.25) is 0 Å². The first-order chi connectivity index (χ1) is 8.72. The van der Waals surface area contributed by atoms with Crippen molar-refractivity contribution in [3.05, 3.63) is 12.3 Å². The highest BCUT2D eigenvalue weighted by molar-refractivity contribution is 5.77. The summed E-state index contributed by atoms with van der Waals surface area (Å²) >= 11 is 0. The van der Waals surface area contributed by atoms with Gasteiger partial charge in [0, 0.05) is 18.8 Å². The summed E-state index contributed by atoms with van der Waals surface area (Å²) in [6, 6.07) is 0.185. The summed E-state index contributed by atoms with van der Waals surface area (Å²) in [5, 5.41) is 2.79. The van der Waals surface area contributed by atoms with Crippen LogP contribution in [0.25, 0.3) is 0 Å². The first-order valence-corrected chi connectivity index (χ1v) is 6.61. The Morgan fingerprint density at radius 2 is 2.17 bits per heavy atom. The van der Waals surface area contributed by atoms with Crippen LogP contribution in [0.4, 0.5) is 4.79 Å². The summed E-state index contributed by atoms with van der Waals surface area (Å²) in [5.41, 5.74) is 0. The van der Waals surface area contributed by atoms with Gasteiger partial charge >= 0.3 is 12.0 Å². The molecule has 0 aromatic rings. The number of nitrogens with zero attached hydrogens (tertiary/aromatic N) is 1. The Hall–Kier alpha value is -1.52. The molecule has 0 atom stereocenters. The second-order valence-corrected chi connectivity index (χ2v) is 4.74. The molecule has 5 nitrogen and oxygen atoms in total. The predicted octanol–water partition coefficient (Wildman–Crippen LogP) is 1.65. The second kappa shape index (κ2) is 5.89. The van der Waals surface area contributed by atoms with Gasteiger partial charge in [0.1, 0.15) is 0 Å². The van der Waals surface area contributed by atoms with Gasteiger partial charge in [0.2, 0.25) is 0 Å². The highest BCUT2D eigenvalue weighted by atomic mass is 16.5. The smallest absolute Gasteiger partial charge is 0.321 e. The first kappa shape index (κ1) is 12.9. The maximum atomic E-state index is 11.7. The third-order valence-corrected chi connectivity index (χ3v) is 3.58. The summed E-state index contributed by atoms with van der Waals surface area (Å²) < 4.78 is 5.04. The molecule has 0 radical (unpaired) electrons. The number of urea groups is 1. The van der Waals surface area contributed by atoms with Gasteiger partial charge < -0.3 is 10.1 Å². The van der Waals surface area contributed by atoms with Crippen LogP contribution in [-0.4, -0.2) is 36.1 Å². The molecule has 1 aliphatic heterocycles. The molecule has 2 amide bonds. The first-order valence-electron chi connectivity index (χ1n) is 6.61. The van der Waals surface area contributed by atoms with Crippen molar-refractivity contribution in [3.8, 4) is 0 Å². The van der Waals surface area contributed by atoms with Gasteiger partial charge in [0.25, 0.3) is 0 Å². The van der Waals surface area contributed by atoms with E-state index < -0.39 is 0 Å². The summed E-state index contributed by atoms with van der Waals surface area (Å²) in [5.74, 6) is -0.0763. The van der Waals surface area contributed by atoms with Crippen LogP contribution in [0.3, 0.4) is 0 Å². The second-order valence-electron chi connectivity index (χ2n) is 4.74. The molecule has 18 heavy (non-hydrogen) atoms. The van der Waals surface area contributed by atoms with Crippen molar-refractivity contribution >= 4 is 12.0 Å². The molecule has 1 saturated carbocycles. The Kier molecular flexibility index (Phi) is 4.23. The molecular weight excluding hydrogens is 232 g/mol. The lowest BCUT2D eigenvalue weighted by Gasteiger charge is -2.35. The largest absolute Gasteiger partial charge is 0.466 e. The highest BCUT2D eigenvalue weighted by Crippen LogP contribution is 2.29. The zero-order valence-electron chi connectivity index (χ0n) is 10.7. The fourth-order valence-electron chi connectivity index (χ4n) is 2.61. The maximum Gasteiger partial charge on any atom is 0.321 e. The van der Waals surface area contributed by atoms with Crippen molar-refractivity contribution in [2.24, 2.45) is 5.92 Å². The number of rotatable bonds is 3. The summed E-state index contributed by atoms with van der Waals surface area (Å²) in [4.78, 5) is 25.1. The van der Waals surface area contributed by atoms with Crippen molar-refractivity contribution in [2.75, 3.05) is 13.2 Å². The van der Waals surface area contributed by atoms with E-state index in [1.807, 2.05) is 19.2 Å². The molecular formula is C13H20N2O3. The van der Waals surface area contributed by atoms with Crippen molar-refractivity contribution < 1.29 is 14.3 Å². The number of carbonyl (C=O) groups excluding carboxylic acids is 2. The molecule has 0 aromatic carbocycles. The lowest BCUT2D eigenvalue weighted by atomic mass is 9.85. The standard InChI is InChI=1S/C13H20N2O3/c1-2-18-12(16)10-4-6-11(7-5-10)15-9-3-8-14-13(15)17/h3,9-11H,2,4-8H2,1H3,(H,14,17). The molecule has 1 fully saturated rings. The summed E-state index contributed by atoms with van der Waals surface area (Å²) in [6.07, 6.45) is 7.14. The van der Waals surface area contributed by atoms with Crippen LogP contribution >= 0.6 is 0 Å². The minimum atomic E-state index is -0.0883. The van der Waals surface area contributed by atoms with Crippen LogP contribution in [0.5, 0.6) is 0 Å². The fraction of sp³-hybridized carbons (Fsp3) is 0.692. The number of amides is 2. The van der Waals surface area contributed by atoms with Gasteiger partial charge in [-0.2, -0.15) is 0 Å². The van der Waals surface area contributed by atoms with E-state index in [2.05, 4.69) is 5.32 Å². The molecule has 1 heterocycles. The molecule has 1 N–H and O–H groups in total. The van der Waals surface area contributed by atoms with Gasteiger partial charge in [-0.05, 0) is 38.7 Å². The Morgan fingerprint density at radius 1 is 1.44 bits per heavy atom. The van der Waals surface area contributed by atoms with Crippen molar-refractivity contribution in [1.29, 1.82) is 0 Å². The van der Waals surface area contributed by atoms with Gasteiger partial charge in [-0.3, -0.25) is 9.69 Å². The highest BCUT2D eigenvalue weighted by Gasteiger charge is 2.31. The molecule has 2 aliphatic rings. The Morgan fingerprint density at radius 3 is 2.78 bits per heavy atom. The number of nitrogens with one attached hydrogen (secondary N) is 1. The van der Waals surface area contributed by atoms with Crippen LogP contribution in [0.1, 0.15) is 32.6 Å². The number of esters is 1. The van der Waals surface area contributed by atoms with E-state index in [0.29, 0.717) is 13.2 Å². The van der Waals surface area contributed by atoms with E-state index >= 15 is 0 Å². The maximum absolute atomic E-state index is 11.7. The lowest BCUT2D eigenvalue weighted by molar-refractivity contribution is -0.149. The SMILES string of the molecule is CCOC(=O)C1CCC(N2C=CCNC2=O)CC1. The minimum Gasteiger partial charge on any atom is -0.466 e. The van der Waals surface area contributed by atoms with Gasteiger partial charge in [-0.25, -0.2) is 4.79 Å². The van der Waals surface area contributed by atoms with Crippen LogP contribution in [-0.2, 0) is 9.53 Å². The van der Waals surface area contributed by atoms with Crippen molar-refractivity contribution in [3.63, 3.8) is 0 Å². The topological polar surface area (TPSA) is 58.6 Å². The molecule has 0 saturated heterocycles. The van der Waals surface area contributed by atoms with Crippen molar-refractivity contribution in [1.82, 2.24) is 10.2 Å². The summed E-state index contributed by atoms with van der Waals surface area (Å²) in [6.45, 7) is 2.87.